The van der Waals surface area contributed by atoms with Gasteiger partial charge in [0.2, 0.25) is 0 Å². The van der Waals surface area contributed by atoms with Gasteiger partial charge in [-0.1, -0.05) is 48.5 Å². The fraction of sp³-hybridized carbons (Fsp3) is 0.500. The Balaban J connectivity index is 1.82. The van der Waals surface area contributed by atoms with Crippen LogP contribution in [-0.2, 0) is 29.1 Å². The number of hydrogen-bond acceptors (Lipinski definition) is 6. The number of rotatable bonds is 6. The summed E-state index contributed by atoms with van der Waals surface area (Å²) in [7, 11) is 0. The summed E-state index contributed by atoms with van der Waals surface area (Å²) >= 11 is 0. The second-order valence-electron chi connectivity index (χ2n) is 10.2. The highest BCUT2D eigenvalue weighted by Crippen LogP contribution is 2.28. The van der Waals surface area contributed by atoms with Crippen molar-refractivity contribution in [2.75, 3.05) is 0 Å². The van der Waals surface area contributed by atoms with Crippen LogP contribution in [0.1, 0.15) is 77.2 Å². The van der Waals surface area contributed by atoms with Crippen molar-refractivity contribution in [3.05, 3.63) is 71.8 Å². The van der Waals surface area contributed by atoms with Crippen molar-refractivity contribution in [2.45, 2.75) is 77.6 Å². The second kappa shape index (κ2) is 8.17. The molecule has 0 amide bonds. The molecule has 0 radical (unpaired) electrons. The molecular formula is C24H32N6. The van der Waals surface area contributed by atoms with E-state index in [9.17, 15) is 0 Å². The molecule has 0 aliphatic heterocycles. The van der Waals surface area contributed by atoms with Crippen molar-refractivity contribution in [3.63, 3.8) is 0 Å². The fourth-order valence-electron chi connectivity index (χ4n) is 3.39. The normalized spacial score (nSPS) is 12.8. The smallest absolute Gasteiger partial charge is 0.134 e. The molecule has 0 aromatic carbocycles. The SMILES string of the molecule is CC(C)(C)c1ccnc(CC(C)(C)c2cncc(CC(C)(C)c3ncccn3)n2)n1. The van der Waals surface area contributed by atoms with Gasteiger partial charge in [0, 0.05) is 65.8 Å². The molecule has 3 heterocycles. The van der Waals surface area contributed by atoms with Crippen LogP contribution < -0.4 is 0 Å². The van der Waals surface area contributed by atoms with Crippen molar-refractivity contribution in [2.24, 2.45) is 0 Å². The maximum Gasteiger partial charge on any atom is 0.134 e. The quantitative estimate of drug-likeness (QED) is 0.606. The third kappa shape index (κ3) is 5.23. The van der Waals surface area contributed by atoms with Gasteiger partial charge >= 0.3 is 0 Å². The Morgan fingerprint density at radius 1 is 0.700 bits per heavy atom. The van der Waals surface area contributed by atoms with Crippen LogP contribution in [0.5, 0.6) is 0 Å². The van der Waals surface area contributed by atoms with Crippen LogP contribution in [0, 0.1) is 0 Å². The Bertz CT molecular complexity index is 990. The molecule has 3 aromatic heterocycles. The highest BCUT2D eigenvalue weighted by molar-refractivity contribution is 5.20. The largest absolute Gasteiger partial charge is 0.261 e. The van der Waals surface area contributed by atoms with Crippen molar-refractivity contribution in [1.29, 1.82) is 0 Å². The Kier molecular flexibility index (Phi) is 5.97. The molecule has 0 saturated heterocycles. The highest BCUT2D eigenvalue weighted by atomic mass is 14.9. The lowest BCUT2D eigenvalue weighted by molar-refractivity contribution is 0.461. The molecule has 0 atom stereocenters. The van der Waals surface area contributed by atoms with Gasteiger partial charge in [-0.15, -0.1) is 0 Å². The maximum absolute atomic E-state index is 4.95. The van der Waals surface area contributed by atoms with Gasteiger partial charge < -0.3 is 0 Å². The lowest BCUT2D eigenvalue weighted by Gasteiger charge is -2.26. The van der Waals surface area contributed by atoms with Crippen molar-refractivity contribution in [3.8, 4) is 0 Å². The van der Waals surface area contributed by atoms with E-state index in [0.29, 0.717) is 12.8 Å². The molecule has 158 valence electrons. The van der Waals surface area contributed by atoms with E-state index in [4.69, 9.17) is 9.97 Å². The molecule has 3 aromatic rings. The van der Waals surface area contributed by atoms with E-state index in [1.165, 1.54) is 0 Å². The standard InChI is InChI=1S/C24H32N6/c1-22(2,3)18-9-12-26-20(30-18)14-23(4,5)19-16-25-15-17(29-19)13-24(6,7)21-27-10-8-11-28-21/h8-12,15-16H,13-14H2,1-7H3. The molecule has 0 bridgehead atoms. The lowest BCUT2D eigenvalue weighted by Crippen LogP contribution is -2.27. The Labute approximate surface area is 179 Å². The molecule has 0 saturated carbocycles. The van der Waals surface area contributed by atoms with Gasteiger partial charge in [-0.25, -0.2) is 19.9 Å². The first-order valence-electron chi connectivity index (χ1n) is 10.4. The second-order valence-corrected chi connectivity index (χ2v) is 10.2. The van der Waals surface area contributed by atoms with Crippen LogP contribution in [-0.4, -0.2) is 29.9 Å². The van der Waals surface area contributed by atoms with E-state index < -0.39 is 0 Å². The first-order valence-corrected chi connectivity index (χ1v) is 10.4. The van der Waals surface area contributed by atoms with Crippen molar-refractivity contribution < 1.29 is 0 Å². The zero-order valence-electron chi connectivity index (χ0n) is 19.1. The van der Waals surface area contributed by atoms with Gasteiger partial charge in [0.05, 0.1) is 11.4 Å². The van der Waals surface area contributed by atoms with Gasteiger partial charge in [-0.3, -0.25) is 9.97 Å². The molecule has 3 rings (SSSR count). The minimum absolute atomic E-state index is 0.00729. The van der Waals surface area contributed by atoms with Crippen LogP contribution in [0.2, 0.25) is 0 Å². The summed E-state index contributed by atoms with van der Waals surface area (Å²) in [5.41, 5.74) is 2.44. The van der Waals surface area contributed by atoms with E-state index >= 15 is 0 Å². The number of aromatic nitrogens is 6. The maximum atomic E-state index is 4.95. The van der Waals surface area contributed by atoms with Crippen molar-refractivity contribution >= 4 is 0 Å². The third-order valence-electron chi connectivity index (χ3n) is 5.25. The summed E-state index contributed by atoms with van der Waals surface area (Å²) in [4.78, 5) is 27.6. The van der Waals surface area contributed by atoms with Gasteiger partial charge in [-0.05, 0) is 12.1 Å². The molecule has 0 aliphatic carbocycles. The third-order valence-corrected chi connectivity index (χ3v) is 5.25. The van der Waals surface area contributed by atoms with Crippen LogP contribution >= 0.6 is 0 Å². The zero-order chi connectivity index (χ0) is 22.0. The number of nitrogens with zero attached hydrogens (tertiary/aromatic N) is 6. The summed E-state index contributed by atoms with van der Waals surface area (Å²) in [5, 5.41) is 0. The van der Waals surface area contributed by atoms with Gasteiger partial charge in [0.1, 0.15) is 11.6 Å². The van der Waals surface area contributed by atoms with E-state index in [1.807, 2.05) is 30.7 Å². The van der Waals surface area contributed by atoms with Crippen molar-refractivity contribution in [1.82, 2.24) is 29.9 Å². The summed E-state index contributed by atoms with van der Waals surface area (Å²) in [5.74, 6) is 1.64. The summed E-state index contributed by atoms with van der Waals surface area (Å²) in [6.07, 6.45) is 10.5. The van der Waals surface area contributed by atoms with Crippen LogP contribution in [0.4, 0.5) is 0 Å². The zero-order valence-corrected chi connectivity index (χ0v) is 19.1. The van der Waals surface area contributed by atoms with E-state index in [1.54, 1.807) is 12.4 Å². The predicted molar refractivity (Wildman–Crippen MR) is 118 cm³/mol. The minimum atomic E-state index is -0.243. The van der Waals surface area contributed by atoms with Crippen LogP contribution in [0.3, 0.4) is 0 Å². The minimum Gasteiger partial charge on any atom is -0.261 e. The van der Waals surface area contributed by atoms with Crippen LogP contribution in [0.15, 0.2) is 43.1 Å². The first-order chi connectivity index (χ1) is 14.0. The number of hydrogen-bond donors (Lipinski definition) is 0. The summed E-state index contributed by atoms with van der Waals surface area (Å²) in [6.45, 7) is 15.1. The Morgan fingerprint density at radius 3 is 2.07 bits per heavy atom. The topological polar surface area (TPSA) is 77.3 Å². The molecule has 30 heavy (non-hydrogen) atoms. The summed E-state index contributed by atoms with van der Waals surface area (Å²) in [6, 6.07) is 3.82. The molecule has 0 N–H and O–H groups in total. The average molecular weight is 405 g/mol. The molecular weight excluding hydrogens is 372 g/mol. The fourth-order valence-corrected chi connectivity index (χ4v) is 3.39. The average Bonchev–Trinajstić information content (AvgIpc) is 2.68. The summed E-state index contributed by atoms with van der Waals surface area (Å²) < 4.78 is 0. The van der Waals surface area contributed by atoms with Gasteiger partial charge in [0.15, 0.2) is 0 Å². The predicted octanol–water partition coefficient (Wildman–Crippen LogP) is 4.39. The van der Waals surface area contributed by atoms with Crippen LogP contribution in [0.25, 0.3) is 0 Å². The van der Waals surface area contributed by atoms with E-state index in [0.717, 1.165) is 28.7 Å². The van der Waals surface area contributed by atoms with Gasteiger partial charge in [-0.2, -0.15) is 0 Å². The van der Waals surface area contributed by atoms with Gasteiger partial charge in [0.25, 0.3) is 0 Å². The Morgan fingerprint density at radius 2 is 1.40 bits per heavy atom. The monoisotopic (exact) mass is 404 g/mol. The molecule has 0 spiro atoms. The lowest BCUT2D eigenvalue weighted by atomic mass is 9.84. The highest BCUT2D eigenvalue weighted by Gasteiger charge is 2.28. The molecule has 0 unspecified atom stereocenters. The van der Waals surface area contributed by atoms with E-state index in [-0.39, 0.29) is 16.2 Å². The molecule has 6 heteroatoms. The molecule has 0 aliphatic rings. The molecule has 6 nitrogen and oxygen atoms in total. The molecule has 0 fully saturated rings. The first kappa shape index (κ1) is 21.9. The van der Waals surface area contributed by atoms with E-state index in [2.05, 4.69) is 68.4 Å². The Hall–Kier alpha value is -2.76.